The first-order chi connectivity index (χ1) is 8.67. The molecule has 0 aromatic carbocycles. The molecule has 2 heterocycles. The lowest BCUT2D eigenvalue weighted by atomic mass is 10.4. The molecule has 0 amide bonds. The van der Waals surface area contributed by atoms with Crippen LogP contribution in [-0.2, 0) is 6.42 Å². The summed E-state index contributed by atoms with van der Waals surface area (Å²) < 4.78 is 4.86. The molecule has 96 valence electrons. The first-order valence-electron chi connectivity index (χ1n) is 5.31. The van der Waals surface area contributed by atoms with Crippen LogP contribution in [-0.4, -0.2) is 26.7 Å². The van der Waals surface area contributed by atoms with E-state index >= 15 is 0 Å². The summed E-state index contributed by atoms with van der Waals surface area (Å²) in [4.78, 5) is 12.0. The largest absolute Gasteiger partial charge is 0.369 e. The van der Waals surface area contributed by atoms with E-state index in [1.807, 2.05) is 0 Å². The third-order valence-corrected chi connectivity index (χ3v) is 2.12. The number of nitrogen functional groups attached to an aromatic ring is 2. The highest BCUT2D eigenvalue weighted by molar-refractivity contribution is 5.50. The summed E-state index contributed by atoms with van der Waals surface area (Å²) in [6.07, 6.45) is 0.618. The topological polar surface area (TPSA) is 141 Å². The Kier molecular flexibility index (Phi) is 3.53. The molecule has 0 fully saturated rings. The molecule has 2 aromatic heterocycles. The predicted molar refractivity (Wildman–Crippen MR) is 65.5 cm³/mol. The van der Waals surface area contributed by atoms with E-state index in [0.29, 0.717) is 36.3 Å². The van der Waals surface area contributed by atoms with Crippen molar-refractivity contribution in [2.75, 3.05) is 23.0 Å². The molecule has 0 aliphatic carbocycles. The number of hydrogen-bond donors (Lipinski definition) is 4. The fraction of sp³-hybridized carbons (Fsp3) is 0.333. The van der Waals surface area contributed by atoms with E-state index in [1.165, 1.54) is 0 Å². The fourth-order valence-electron chi connectivity index (χ4n) is 1.38. The van der Waals surface area contributed by atoms with Crippen LogP contribution in [0.1, 0.15) is 11.7 Å². The monoisotopic (exact) mass is 250 g/mol. The summed E-state index contributed by atoms with van der Waals surface area (Å²) in [5, 5.41) is 6.85. The maximum Gasteiger partial charge on any atom is 0.223 e. The summed E-state index contributed by atoms with van der Waals surface area (Å²) >= 11 is 0. The molecule has 18 heavy (non-hydrogen) atoms. The van der Waals surface area contributed by atoms with Crippen molar-refractivity contribution >= 4 is 17.6 Å². The molecule has 2 rings (SSSR count). The normalized spacial score (nSPS) is 10.3. The average Bonchev–Trinajstić information content (AvgIpc) is 2.74. The highest BCUT2D eigenvalue weighted by Crippen LogP contribution is 2.11. The van der Waals surface area contributed by atoms with Gasteiger partial charge in [0.25, 0.3) is 0 Å². The second-order valence-corrected chi connectivity index (χ2v) is 3.55. The van der Waals surface area contributed by atoms with Crippen molar-refractivity contribution in [3.63, 3.8) is 0 Å². The SMILES string of the molecule is Cc1nc(CCNc2cc(NN)nc(N)n2)no1. The molecule has 0 aliphatic heterocycles. The molecule has 9 heteroatoms. The second-order valence-electron chi connectivity index (χ2n) is 3.55. The summed E-state index contributed by atoms with van der Waals surface area (Å²) in [7, 11) is 0. The number of nitrogens with one attached hydrogen (secondary N) is 2. The lowest BCUT2D eigenvalue weighted by Gasteiger charge is -2.06. The molecule has 0 spiro atoms. The Morgan fingerprint density at radius 3 is 2.72 bits per heavy atom. The van der Waals surface area contributed by atoms with Gasteiger partial charge < -0.3 is 21.0 Å². The van der Waals surface area contributed by atoms with Crippen molar-refractivity contribution in [3.8, 4) is 0 Å². The summed E-state index contributed by atoms with van der Waals surface area (Å²) in [5.41, 5.74) is 7.93. The van der Waals surface area contributed by atoms with Crippen molar-refractivity contribution in [3.05, 3.63) is 17.8 Å². The molecule has 0 atom stereocenters. The van der Waals surface area contributed by atoms with E-state index in [4.69, 9.17) is 16.1 Å². The van der Waals surface area contributed by atoms with E-state index < -0.39 is 0 Å². The van der Waals surface area contributed by atoms with Gasteiger partial charge >= 0.3 is 0 Å². The number of nitrogens with zero attached hydrogens (tertiary/aromatic N) is 4. The van der Waals surface area contributed by atoms with Crippen molar-refractivity contribution in [1.82, 2.24) is 20.1 Å². The third kappa shape index (κ3) is 3.04. The Morgan fingerprint density at radius 2 is 2.06 bits per heavy atom. The number of hydrazine groups is 1. The summed E-state index contributed by atoms with van der Waals surface area (Å²) in [5.74, 6) is 7.61. The van der Waals surface area contributed by atoms with Gasteiger partial charge in [-0.2, -0.15) is 15.0 Å². The smallest absolute Gasteiger partial charge is 0.223 e. The van der Waals surface area contributed by atoms with Gasteiger partial charge in [-0.25, -0.2) is 5.84 Å². The molecule has 0 unspecified atom stereocenters. The van der Waals surface area contributed by atoms with Crippen LogP contribution in [0, 0.1) is 6.92 Å². The fourth-order valence-corrected chi connectivity index (χ4v) is 1.38. The zero-order valence-electron chi connectivity index (χ0n) is 9.84. The Balaban J connectivity index is 1.91. The highest BCUT2D eigenvalue weighted by atomic mass is 16.5. The molecule has 0 bridgehead atoms. The first-order valence-corrected chi connectivity index (χ1v) is 5.31. The molecule has 0 saturated heterocycles. The van der Waals surface area contributed by atoms with Crippen LogP contribution < -0.4 is 22.3 Å². The van der Waals surface area contributed by atoms with Crippen molar-refractivity contribution in [2.45, 2.75) is 13.3 Å². The Labute approximate surface area is 103 Å². The van der Waals surface area contributed by atoms with Gasteiger partial charge in [0.2, 0.25) is 11.8 Å². The minimum Gasteiger partial charge on any atom is -0.369 e. The van der Waals surface area contributed by atoms with E-state index in [0.717, 1.165) is 0 Å². The quantitative estimate of drug-likeness (QED) is 0.415. The number of hydrogen-bond acceptors (Lipinski definition) is 9. The molecule has 0 radical (unpaired) electrons. The van der Waals surface area contributed by atoms with E-state index in [1.54, 1.807) is 13.0 Å². The van der Waals surface area contributed by atoms with Crippen molar-refractivity contribution in [1.29, 1.82) is 0 Å². The standard InChI is InChI=1S/C9H14N8O/c1-5-13-6(17-18-5)2-3-12-7-4-8(16-11)15-9(10)14-7/h4H,2-3,11H2,1H3,(H4,10,12,14,15,16). The number of aromatic nitrogens is 4. The van der Waals surface area contributed by atoms with Crippen LogP contribution in [0.3, 0.4) is 0 Å². The molecule has 9 nitrogen and oxygen atoms in total. The first kappa shape index (κ1) is 12.0. The van der Waals surface area contributed by atoms with Crippen LogP contribution in [0.25, 0.3) is 0 Å². The molecule has 0 aliphatic rings. The van der Waals surface area contributed by atoms with E-state index in [-0.39, 0.29) is 5.95 Å². The number of anilines is 3. The average molecular weight is 250 g/mol. The molecule has 0 saturated carbocycles. The second kappa shape index (κ2) is 5.27. The van der Waals surface area contributed by atoms with Gasteiger partial charge in [0.15, 0.2) is 5.82 Å². The molecular weight excluding hydrogens is 236 g/mol. The Hall–Kier alpha value is -2.42. The third-order valence-electron chi connectivity index (χ3n) is 2.12. The van der Waals surface area contributed by atoms with Crippen LogP contribution in [0.4, 0.5) is 17.6 Å². The predicted octanol–water partition coefficient (Wildman–Crippen LogP) is -0.310. The number of nitrogens with two attached hydrogens (primary N) is 2. The van der Waals surface area contributed by atoms with Crippen LogP contribution >= 0.6 is 0 Å². The zero-order chi connectivity index (χ0) is 13.0. The minimum atomic E-state index is 0.142. The van der Waals surface area contributed by atoms with E-state index in [2.05, 4.69) is 30.9 Å². The van der Waals surface area contributed by atoms with E-state index in [9.17, 15) is 0 Å². The maximum atomic E-state index is 5.52. The lowest BCUT2D eigenvalue weighted by Crippen LogP contribution is -2.13. The summed E-state index contributed by atoms with van der Waals surface area (Å²) in [6, 6.07) is 1.65. The van der Waals surface area contributed by atoms with Crippen molar-refractivity contribution < 1.29 is 4.52 Å². The van der Waals surface area contributed by atoms with Gasteiger partial charge in [-0.1, -0.05) is 5.16 Å². The molecule has 6 N–H and O–H groups in total. The maximum absolute atomic E-state index is 5.52. The van der Waals surface area contributed by atoms with Crippen LogP contribution in [0.15, 0.2) is 10.6 Å². The number of rotatable bonds is 5. The Morgan fingerprint density at radius 1 is 1.28 bits per heavy atom. The van der Waals surface area contributed by atoms with Crippen LogP contribution in [0.2, 0.25) is 0 Å². The lowest BCUT2D eigenvalue weighted by molar-refractivity contribution is 0.387. The zero-order valence-corrected chi connectivity index (χ0v) is 9.84. The van der Waals surface area contributed by atoms with Gasteiger partial charge in [-0.3, -0.25) is 0 Å². The van der Waals surface area contributed by atoms with Gasteiger partial charge in [0.1, 0.15) is 11.6 Å². The van der Waals surface area contributed by atoms with Gasteiger partial charge in [-0.05, 0) is 0 Å². The van der Waals surface area contributed by atoms with Gasteiger partial charge in [-0.15, -0.1) is 0 Å². The minimum absolute atomic E-state index is 0.142. The van der Waals surface area contributed by atoms with Gasteiger partial charge in [0, 0.05) is 26.0 Å². The van der Waals surface area contributed by atoms with Gasteiger partial charge in [0.05, 0.1) is 0 Å². The van der Waals surface area contributed by atoms with Crippen LogP contribution in [0.5, 0.6) is 0 Å². The van der Waals surface area contributed by atoms with Crippen molar-refractivity contribution in [2.24, 2.45) is 5.84 Å². The molecule has 2 aromatic rings. The summed E-state index contributed by atoms with van der Waals surface area (Å²) in [6.45, 7) is 2.34. The number of aryl methyl sites for hydroxylation is 1. The molecular formula is C9H14N8O. The Bertz CT molecular complexity index is 525. The highest BCUT2D eigenvalue weighted by Gasteiger charge is 2.03.